The third kappa shape index (κ3) is 19.7. The van der Waals surface area contributed by atoms with E-state index in [-0.39, 0.29) is 81.5 Å². The lowest BCUT2D eigenvalue weighted by molar-refractivity contribution is -0.135. The number of carbonyl (C=O) groups excluding carboxylic acids is 9. The van der Waals surface area contributed by atoms with Gasteiger partial charge in [-0.3, -0.25) is 53.1 Å². The second-order valence-corrected chi connectivity index (χ2v) is 20.8. The highest BCUT2D eigenvalue weighted by atomic mass is 33.1. The van der Waals surface area contributed by atoms with Gasteiger partial charge in [-0.1, -0.05) is 70.1 Å². The number of rotatable bonds is 18. The van der Waals surface area contributed by atoms with Gasteiger partial charge in [-0.25, -0.2) is 4.98 Å². The number of imidazole rings is 1. The summed E-state index contributed by atoms with van der Waals surface area (Å²) in [6.45, 7) is 2.74. The molecule has 5 rings (SSSR count). The lowest BCUT2D eigenvalue weighted by Crippen LogP contribution is -2.61. The Morgan fingerprint density at radius 3 is 1.92 bits per heavy atom. The maximum absolute atomic E-state index is 14.6. The Morgan fingerprint density at radius 1 is 0.679 bits per heavy atom. The largest absolute Gasteiger partial charge is 0.370 e. The normalized spacial score (nSPS) is 21.7. The first-order chi connectivity index (χ1) is 37.3. The minimum atomic E-state index is -1.40. The molecular weight excluding hydrogens is 1050 g/mol. The van der Waals surface area contributed by atoms with Crippen LogP contribution in [0.2, 0.25) is 0 Å². The van der Waals surface area contributed by atoms with Gasteiger partial charge in [0, 0.05) is 79.8 Å². The molecule has 0 radical (unpaired) electrons. The summed E-state index contributed by atoms with van der Waals surface area (Å²) in [5, 5.41) is 22.1. The summed E-state index contributed by atoms with van der Waals surface area (Å²) in [6, 6.07) is 5.16. The van der Waals surface area contributed by atoms with Crippen LogP contribution in [0.5, 0.6) is 0 Å². The highest BCUT2D eigenvalue weighted by Crippen LogP contribution is 2.24. The molecule has 8 atom stereocenters. The number of nitrogens with one attached hydrogen (secondary N) is 10. The molecular formula is C49H68N18O9S2. The second-order valence-electron chi connectivity index (χ2n) is 18.3. The molecule has 2 aromatic carbocycles. The molecule has 29 heteroatoms. The number of nitrogens with zero attached hydrogens (tertiary/aromatic N) is 3. The summed E-state index contributed by atoms with van der Waals surface area (Å²) in [5.41, 5.74) is 30.3. The van der Waals surface area contributed by atoms with Gasteiger partial charge in [0.2, 0.25) is 53.2 Å². The second kappa shape index (κ2) is 30.4. The van der Waals surface area contributed by atoms with E-state index in [0.29, 0.717) is 16.8 Å². The van der Waals surface area contributed by atoms with Crippen LogP contribution in [-0.2, 0) is 62.4 Å². The highest BCUT2D eigenvalue weighted by Gasteiger charge is 2.35. The Hall–Kier alpha value is -8.34. The SMILES string of the molecule is CC(=O)N[C@@H](CCCN=C(N)N)C(=O)NC1CSSCC(C(N)=O)NC(=O)[C@H](Cc2c[nH]c3ccccc23)NC(=O)[C@H](CCCN=C(N)N)NC(=O)[C@@H](Cc2ccccc2)NC(=O)[C@H](Cc2cnc[nH]2)NC(=O)[C@@H](C)NC1=O. The number of hydrogen-bond acceptors (Lipinski definition) is 14. The van der Waals surface area contributed by atoms with E-state index >= 15 is 0 Å². The zero-order chi connectivity index (χ0) is 56.7. The van der Waals surface area contributed by atoms with Crippen molar-refractivity contribution in [2.45, 2.75) is 107 Å². The van der Waals surface area contributed by atoms with Crippen molar-refractivity contribution < 1.29 is 43.2 Å². The number of para-hydroxylation sites is 1. The Balaban J connectivity index is 1.55. The number of aromatic amines is 2. The minimum Gasteiger partial charge on any atom is -0.370 e. The summed E-state index contributed by atoms with van der Waals surface area (Å²) >= 11 is 0. The van der Waals surface area contributed by atoms with E-state index in [9.17, 15) is 43.2 Å². The maximum Gasteiger partial charge on any atom is 0.244 e. The van der Waals surface area contributed by atoms with Gasteiger partial charge in [0.15, 0.2) is 11.9 Å². The first-order valence-electron chi connectivity index (χ1n) is 24.9. The molecule has 1 saturated heterocycles. The van der Waals surface area contributed by atoms with Gasteiger partial charge in [0.05, 0.1) is 6.33 Å². The summed E-state index contributed by atoms with van der Waals surface area (Å²) in [6.07, 6.45) is 4.53. The van der Waals surface area contributed by atoms with Gasteiger partial charge < -0.3 is 81.2 Å². The van der Waals surface area contributed by atoms with E-state index in [1.54, 1.807) is 42.6 Å². The lowest BCUT2D eigenvalue weighted by Gasteiger charge is -2.27. The van der Waals surface area contributed by atoms with Crippen molar-refractivity contribution in [2.24, 2.45) is 38.7 Å². The molecule has 0 aliphatic carbocycles. The number of aromatic nitrogens is 3. The number of guanidine groups is 2. The lowest BCUT2D eigenvalue weighted by atomic mass is 10.0. The monoisotopic (exact) mass is 1120 g/mol. The molecule has 2 unspecified atom stereocenters. The van der Waals surface area contributed by atoms with Crippen LogP contribution in [0.15, 0.2) is 83.3 Å². The predicted molar refractivity (Wildman–Crippen MR) is 295 cm³/mol. The van der Waals surface area contributed by atoms with Crippen LogP contribution in [0, 0.1) is 0 Å². The van der Waals surface area contributed by atoms with Crippen LogP contribution in [-0.4, -0.2) is 153 Å². The van der Waals surface area contributed by atoms with Crippen molar-refractivity contribution in [2.75, 3.05) is 24.6 Å². The third-order valence-corrected chi connectivity index (χ3v) is 14.5. The third-order valence-electron chi connectivity index (χ3n) is 12.1. The molecule has 20 N–H and O–H groups in total. The van der Waals surface area contributed by atoms with Crippen LogP contribution in [0.25, 0.3) is 10.9 Å². The van der Waals surface area contributed by atoms with Crippen molar-refractivity contribution in [3.63, 3.8) is 0 Å². The van der Waals surface area contributed by atoms with Crippen LogP contribution < -0.4 is 71.2 Å². The molecule has 1 aliphatic heterocycles. The first kappa shape index (κ1) is 60.5. The summed E-state index contributed by atoms with van der Waals surface area (Å²) in [7, 11) is 2.02. The highest BCUT2D eigenvalue weighted by molar-refractivity contribution is 8.76. The fourth-order valence-corrected chi connectivity index (χ4v) is 10.4. The number of primary amides is 1. The quantitative estimate of drug-likeness (QED) is 0.0202. The van der Waals surface area contributed by atoms with E-state index in [1.807, 2.05) is 18.2 Å². The summed E-state index contributed by atoms with van der Waals surface area (Å²) in [4.78, 5) is 144. The molecule has 78 heavy (non-hydrogen) atoms. The number of hydrogen-bond donors (Lipinski definition) is 15. The van der Waals surface area contributed by atoms with E-state index in [1.165, 1.54) is 26.4 Å². The number of amides is 9. The molecule has 4 aromatic rings. The van der Waals surface area contributed by atoms with E-state index in [0.717, 1.165) is 32.5 Å². The van der Waals surface area contributed by atoms with Crippen LogP contribution in [0.1, 0.15) is 56.4 Å². The number of aliphatic imine (C=N–C) groups is 2. The molecule has 0 bridgehead atoms. The Labute approximate surface area is 457 Å². The Kier molecular flexibility index (Phi) is 23.6. The standard InChI is InChI=1S/C49H68N18O9S2/c1-26-41(70)63-37(20-30-22-55-25-59-30)46(75)64-35(18-28-10-4-3-5-11-28)44(73)62-34(15-9-17-57-49(53)54)43(72)65-36(19-29-21-58-32-13-7-6-12-31(29)32)45(74)66-38(40(50)69)23-77-78-24-39(47(76)60-26)67-42(71)33(61-27(2)68)14-8-16-56-48(51)52/h3-7,10-13,21-22,25-26,33-39,58H,8-9,14-20,23-24H2,1-2H3,(H2,50,69)(H,55,59)(H,60,76)(H,61,68)(H,62,73)(H,63,70)(H,64,75)(H,65,72)(H,66,74)(H,67,71)(H4,51,52,56)(H4,53,54,57)/t26-,33+,34+,35-,36+,37+,38?,39?/m1/s1. The topological polar surface area (TPSA) is 449 Å². The van der Waals surface area contributed by atoms with Gasteiger partial charge in [-0.2, -0.15) is 0 Å². The smallest absolute Gasteiger partial charge is 0.244 e. The van der Waals surface area contributed by atoms with Crippen LogP contribution in [0.4, 0.5) is 0 Å². The van der Waals surface area contributed by atoms with Crippen molar-refractivity contribution >= 4 is 97.6 Å². The van der Waals surface area contributed by atoms with Crippen molar-refractivity contribution in [3.8, 4) is 0 Å². The number of carbonyl (C=O) groups is 9. The van der Waals surface area contributed by atoms with Crippen molar-refractivity contribution in [3.05, 3.63) is 90.1 Å². The Morgan fingerprint density at radius 2 is 1.27 bits per heavy atom. The molecule has 9 amide bonds. The van der Waals surface area contributed by atoms with Gasteiger partial charge in [-0.05, 0) is 49.8 Å². The minimum absolute atomic E-state index is 0.0573. The van der Waals surface area contributed by atoms with E-state index in [2.05, 4.69) is 67.5 Å². The van der Waals surface area contributed by atoms with Gasteiger partial charge >= 0.3 is 0 Å². The van der Waals surface area contributed by atoms with E-state index < -0.39 is 101 Å². The number of nitrogens with two attached hydrogens (primary N) is 5. The van der Waals surface area contributed by atoms with Crippen molar-refractivity contribution in [1.29, 1.82) is 0 Å². The molecule has 1 aliphatic rings. The van der Waals surface area contributed by atoms with Gasteiger partial charge in [0.25, 0.3) is 0 Å². The zero-order valence-electron chi connectivity index (χ0n) is 43.0. The molecule has 27 nitrogen and oxygen atoms in total. The molecule has 1 fully saturated rings. The molecule has 3 heterocycles. The first-order valence-corrected chi connectivity index (χ1v) is 27.4. The molecule has 0 saturated carbocycles. The maximum atomic E-state index is 14.6. The van der Waals surface area contributed by atoms with Gasteiger partial charge in [0.1, 0.15) is 48.3 Å². The van der Waals surface area contributed by atoms with E-state index in [4.69, 9.17) is 28.7 Å². The zero-order valence-corrected chi connectivity index (χ0v) is 44.7. The fourth-order valence-electron chi connectivity index (χ4n) is 8.05. The average Bonchev–Trinajstić information content (AvgIpc) is 4.10. The number of fused-ring (bicyclic) bond motifs is 1. The number of benzene rings is 2. The average molecular weight is 1120 g/mol. The molecule has 420 valence electrons. The predicted octanol–water partition coefficient (Wildman–Crippen LogP) is -3.18. The Bertz CT molecular complexity index is 2770. The van der Waals surface area contributed by atoms with Crippen LogP contribution in [0.3, 0.4) is 0 Å². The molecule has 0 spiro atoms. The number of H-pyrrole nitrogens is 2. The fraction of sp³-hybridized carbons (Fsp3) is 0.429. The van der Waals surface area contributed by atoms with Crippen molar-refractivity contribution in [1.82, 2.24) is 57.5 Å². The summed E-state index contributed by atoms with van der Waals surface area (Å²) in [5.74, 6) is -7.96. The summed E-state index contributed by atoms with van der Waals surface area (Å²) < 4.78 is 0. The van der Waals surface area contributed by atoms with Crippen LogP contribution >= 0.6 is 21.6 Å². The van der Waals surface area contributed by atoms with Gasteiger partial charge in [-0.15, -0.1) is 0 Å². The molecule has 2 aromatic heterocycles.